The molecule has 2 heterocycles. The Bertz CT molecular complexity index is 911. The Hall–Kier alpha value is -3.55. The Kier molecular flexibility index (Phi) is 4.51. The second-order valence-electron chi connectivity index (χ2n) is 5.25. The van der Waals surface area contributed by atoms with Crippen LogP contribution in [0.5, 0.6) is 5.75 Å². The summed E-state index contributed by atoms with van der Waals surface area (Å²) < 4.78 is 5.54. The number of amides is 1. The number of primary amides is 1. The van der Waals surface area contributed by atoms with Crippen LogP contribution in [0.2, 0.25) is 0 Å². The van der Waals surface area contributed by atoms with E-state index in [-0.39, 0.29) is 5.69 Å². The van der Waals surface area contributed by atoms with E-state index in [9.17, 15) is 4.79 Å². The molecule has 0 radical (unpaired) electrons. The molecule has 0 aliphatic heterocycles. The Labute approximate surface area is 144 Å². The van der Waals surface area contributed by atoms with E-state index >= 15 is 0 Å². The lowest BCUT2D eigenvalue weighted by Crippen LogP contribution is -2.16. The van der Waals surface area contributed by atoms with E-state index in [2.05, 4.69) is 25.5 Å². The quantitative estimate of drug-likeness (QED) is 0.733. The third-order valence-corrected chi connectivity index (χ3v) is 3.46. The lowest BCUT2D eigenvalue weighted by Gasteiger charge is -2.15. The number of hydrogen-bond donors (Lipinski definition) is 2. The summed E-state index contributed by atoms with van der Waals surface area (Å²) in [5, 5.41) is 10.6. The average molecular weight is 336 g/mol. The highest BCUT2D eigenvalue weighted by Crippen LogP contribution is 2.36. The maximum Gasteiger partial charge on any atom is 0.271 e. The van der Waals surface area contributed by atoms with Crippen LogP contribution in [-0.2, 0) is 0 Å². The fourth-order valence-corrected chi connectivity index (χ4v) is 2.32. The van der Waals surface area contributed by atoms with Crippen molar-refractivity contribution in [2.24, 2.45) is 5.73 Å². The summed E-state index contributed by atoms with van der Waals surface area (Å²) in [5.74, 6) is 0.403. The van der Waals surface area contributed by atoms with Crippen LogP contribution >= 0.6 is 0 Å². The van der Waals surface area contributed by atoms with Crippen LogP contribution in [-0.4, -0.2) is 33.2 Å². The number of anilines is 2. The topological polar surface area (TPSA) is 116 Å². The Morgan fingerprint density at radius 1 is 1.16 bits per heavy atom. The highest BCUT2D eigenvalue weighted by Gasteiger charge is 2.16. The smallest absolute Gasteiger partial charge is 0.271 e. The summed E-state index contributed by atoms with van der Waals surface area (Å²) >= 11 is 0. The molecule has 3 rings (SSSR count). The number of rotatable bonds is 5. The summed E-state index contributed by atoms with van der Waals surface area (Å²) in [6.45, 7) is 1.92. The number of methoxy groups -OCH3 is 1. The third kappa shape index (κ3) is 3.37. The van der Waals surface area contributed by atoms with E-state index in [1.165, 1.54) is 6.20 Å². The number of aryl methyl sites for hydroxylation is 1. The average Bonchev–Trinajstić information content (AvgIpc) is 2.62. The van der Waals surface area contributed by atoms with Gasteiger partial charge in [-0.25, -0.2) is 9.97 Å². The summed E-state index contributed by atoms with van der Waals surface area (Å²) in [6.07, 6.45) is 4.94. The standard InChI is InChI=1S/C17H16N6O2/c1-10-8-19-17(20-9-10)11-4-3-5-13(15(11)25-2)22-12-6-7-21-23-14(12)16(18)24/h3-9H,1-2H3,(H2,18,24)(H,21,22). The molecule has 3 aromatic rings. The van der Waals surface area contributed by atoms with Crippen molar-refractivity contribution in [3.63, 3.8) is 0 Å². The summed E-state index contributed by atoms with van der Waals surface area (Å²) in [7, 11) is 1.55. The minimum atomic E-state index is -0.674. The van der Waals surface area contributed by atoms with Gasteiger partial charge >= 0.3 is 0 Å². The number of carbonyl (C=O) groups excluding carboxylic acids is 1. The summed E-state index contributed by atoms with van der Waals surface area (Å²) in [6, 6.07) is 7.11. The third-order valence-electron chi connectivity index (χ3n) is 3.46. The minimum absolute atomic E-state index is 0.0431. The molecule has 0 aliphatic carbocycles. The Morgan fingerprint density at radius 3 is 2.60 bits per heavy atom. The van der Waals surface area contributed by atoms with Crippen molar-refractivity contribution in [3.05, 3.63) is 54.1 Å². The van der Waals surface area contributed by atoms with Gasteiger partial charge in [0.2, 0.25) is 0 Å². The first-order chi connectivity index (χ1) is 12.1. The summed E-state index contributed by atoms with van der Waals surface area (Å²) in [5.41, 5.74) is 8.12. The molecular weight excluding hydrogens is 320 g/mol. The SMILES string of the molecule is COc1c(Nc2ccnnc2C(N)=O)cccc1-c1ncc(C)cn1. The van der Waals surface area contributed by atoms with E-state index < -0.39 is 5.91 Å². The Balaban J connectivity index is 2.05. The van der Waals surface area contributed by atoms with E-state index in [0.29, 0.717) is 22.9 Å². The Morgan fingerprint density at radius 2 is 1.92 bits per heavy atom. The van der Waals surface area contributed by atoms with Crippen LogP contribution in [0.4, 0.5) is 11.4 Å². The van der Waals surface area contributed by atoms with Gasteiger partial charge in [0.1, 0.15) is 0 Å². The molecule has 0 spiro atoms. The van der Waals surface area contributed by atoms with Crippen molar-refractivity contribution in [1.82, 2.24) is 20.2 Å². The fourth-order valence-electron chi connectivity index (χ4n) is 2.32. The predicted octanol–water partition coefficient (Wildman–Crippen LogP) is 2.09. The zero-order chi connectivity index (χ0) is 17.8. The number of nitrogens with two attached hydrogens (primary N) is 1. The maximum absolute atomic E-state index is 11.5. The van der Waals surface area contributed by atoms with Gasteiger partial charge in [0, 0.05) is 12.4 Å². The molecule has 0 atom stereocenters. The van der Waals surface area contributed by atoms with Crippen LogP contribution in [0.25, 0.3) is 11.4 Å². The number of hydrogen-bond acceptors (Lipinski definition) is 7. The van der Waals surface area contributed by atoms with Crippen LogP contribution < -0.4 is 15.8 Å². The van der Waals surface area contributed by atoms with Gasteiger partial charge in [0.15, 0.2) is 17.3 Å². The molecule has 0 unspecified atom stereocenters. The van der Waals surface area contributed by atoms with Gasteiger partial charge in [-0.2, -0.15) is 5.10 Å². The first-order valence-electron chi connectivity index (χ1n) is 7.44. The van der Waals surface area contributed by atoms with Crippen LogP contribution in [0.3, 0.4) is 0 Å². The van der Waals surface area contributed by atoms with Crippen molar-refractivity contribution in [3.8, 4) is 17.1 Å². The largest absolute Gasteiger partial charge is 0.494 e. The number of benzene rings is 1. The maximum atomic E-state index is 11.5. The second kappa shape index (κ2) is 6.91. The van der Waals surface area contributed by atoms with Crippen LogP contribution in [0.1, 0.15) is 16.1 Å². The molecule has 25 heavy (non-hydrogen) atoms. The molecule has 3 N–H and O–H groups in total. The number of para-hydroxylation sites is 1. The zero-order valence-corrected chi connectivity index (χ0v) is 13.7. The molecule has 8 heteroatoms. The predicted molar refractivity (Wildman–Crippen MR) is 92.6 cm³/mol. The van der Waals surface area contributed by atoms with E-state index in [1.54, 1.807) is 25.6 Å². The normalized spacial score (nSPS) is 10.3. The fraction of sp³-hybridized carbons (Fsp3) is 0.118. The molecule has 8 nitrogen and oxygen atoms in total. The van der Waals surface area contributed by atoms with Crippen molar-refractivity contribution in [1.29, 1.82) is 0 Å². The summed E-state index contributed by atoms with van der Waals surface area (Å²) in [4.78, 5) is 20.2. The number of nitrogens with zero attached hydrogens (tertiary/aromatic N) is 4. The molecule has 1 amide bonds. The van der Waals surface area contributed by atoms with Gasteiger partial charge < -0.3 is 15.8 Å². The molecular formula is C17H16N6O2. The minimum Gasteiger partial charge on any atom is -0.494 e. The molecule has 0 fully saturated rings. The van der Waals surface area contributed by atoms with Crippen molar-refractivity contribution >= 4 is 17.3 Å². The number of nitrogens with one attached hydrogen (secondary N) is 1. The molecule has 1 aromatic carbocycles. The lowest BCUT2D eigenvalue weighted by atomic mass is 10.1. The van der Waals surface area contributed by atoms with Crippen molar-refractivity contribution < 1.29 is 9.53 Å². The van der Waals surface area contributed by atoms with Crippen LogP contribution in [0, 0.1) is 6.92 Å². The van der Waals surface area contributed by atoms with Gasteiger partial charge in [-0.3, -0.25) is 4.79 Å². The molecule has 2 aromatic heterocycles. The molecule has 0 saturated heterocycles. The number of ether oxygens (including phenoxy) is 1. The van der Waals surface area contributed by atoms with Crippen molar-refractivity contribution in [2.45, 2.75) is 6.92 Å². The molecule has 126 valence electrons. The lowest BCUT2D eigenvalue weighted by molar-refractivity contribution is 0.0995. The van der Waals surface area contributed by atoms with Gasteiger partial charge in [-0.15, -0.1) is 5.10 Å². The monoisotopic (exact) mass is 336 g/mol. The van der Waals surface area contributed by atoms with Gasteiger partial charge in [-0.1, -0.05) is 6.07 Å². The second-order valence-corrected chi connectivity index (χ2v) is 5.25. The molecule has 0 bridgehead atoms. The zero-order valence-electron chi connectivity index (χ0n) is 13.7. The molecule has 0 aliphatic rings. The van der Waals surface area contributed by atoms with Gasteiger partial charge in [-0.05, 0) is 30.7 Å². The number of aromatic nitrogens is 4. The highest BCUT2D eigenvalue weighted by atomic mass is 16.5. The van der Waals surface area contributed by atoms with Crippen molar-refractivity contribution in [2.75, 3.05) is 12.4 Å². The highest BCUT2D eigenvalue weighted by molar-refractivity contribution is 5.97. The first kappa shape index (κ1) is 16.3. The van der Waals surface area contributed by atoms with Gasteiger partial charge in [0.05, 0.1) is 30.2 Å². The van der Waals surface area contributed by atoms with Gasteiger partial charge in [0.25, 0.3) is 5.91 Å². The number of carbonyl (C=O) groups is 1. The van der Waals surface area contributed by atoms with E-state index in [1.807, 2.05) is 25.1 Å². The first-order valence-corrected chi connectivity index (χ1v) is 7.44. The molecule has 0 saturated carbocycles. The van der Waals surface area contributed by atoms with E-state index in [0.717, 1.165) is 11.1 Å². The van der Waals surface area contributed by atoms with Crippen LogP contribution in [0.15, 0.2) is 42.9 Å². The van der Waals surface area contributed by atoms with E-state index in [4.69, 9.17) is 10.5 Å².